The Labute approximate surface area is 262 Å². The average Bonchev–Trinajstić information content (AvgIpc) is 3.66. The number of carbonyl (C=O) groups excluding carboxylic acids is 1. The normalized spacial score (nSPS) is 12.0. The number of carbonyl (C=O) groups is 1. The Morgan fingerprint density at radius 2 is 1.76 bits per heavy atom. The number of benzene rings is 3. The van der Waals surface area contributed by atoms with Crippen LogP contribution in [0.15, 0.2) is 90.1 Å². The van der Waals surface area contributed by atoms with Gasteiger partial charge in [0.15, 0.2) is 11.6 Å². The van der Waals surface area contributed by atoms with Gasteiger partial charge in [-0.3, -0.25) is 18.8 Å². The van der Waals surface area contributed by atoms with Gasteiger partial charge in [0, 0.05) is 59.5 Å². The summed E-state index contributed by atoms with van der Waals surface area (Å²) in [6.07, 6.45) is 4.92. The maximum absolute atomic E-state index is 15.5. The number of pyridine rings is 1. The molecular formula is C34H30F2N6O4. The molecule has 0 aliphatic rings. The van der Waals surface area contributed by atoms with Gasteiger partial charge in [-0.05, 0) is 81.4 Å². The second-order valence-electron chi connectivity index (χ2n) is 10.6. The average molecular weight is 625 g/mol. The van der Waals surface area contributed by atoms with Gasteiger partial charge in [-0.2, -0.15) is 10.2 Å². The minimum Gasteiger partial charge on any atom is -0.454 e. The van der Waals surface area contributed by atoms with Crippen LogP contribution in [-0.2, 0) is 11.8 Å². The molecule has 12 heteroatoms. The highest BCUT2D eigenvalue weighted by Crippen LogP contribution is 2.38. The van der Waals surface area contributed by atoms with Crippen molar-refractivity contribution < 1.29 is 23.0 Å². The molecule has 1 atom stereocenters. The summed E-state index contributed by atoms with van der Waals surface area (Å²) in [6.45, 7) is 6.02. The zero-order valence-corrected chi connectivity index (χ0v) is 25.5. The van der Waals surface area contributed by atoms with Crippen LogP contribution in [0.2, 0.25) is 0 Å². The molecule has 1 amide bonds. The van der Waals surface area contributed by atoms with Crippen LogP contribution in [0.1, 0.15) is 36.1 Å². The maximum atomic E-state index is 15.5. The molecule has 0 spiro atoms. The SMILES string of the molecule is CCOC(C)n1cc(-c2cc3c(cnn3C)cc2Oc2ccc(NC(=O)c3ccc(C)n(-c4ccc(F)cc4)c3=O)cc2F)cn1. The van der Waals surface area contributed by atoms with Crippen LogP contribution in [0.5, 0.6) is 11.5 Å². The number of fused-ring (bicyclic) bond motifs is 1. The number of aryl methyl sites for hydroxylation is 2. The lowest BCUT2D eigenvalue weighted by molar-refractivity contribution is 0.0160. The Balaban J connectivity index is 1.27. The number of anilines is 1. The van der Waals surface area contributed by atoms with Crippen LogP contribution in [-0.4, -0.2) is 36.6 Å². The molecule has 234 valence electrons. The van der Waals surface area contributed by atoms with Crippen molar-refractivity contribution in [2.24, 2.45) is 7.05 Å². The predicted octanol–water partition coefficient (Wildman–Crippen LogP) is 6.77. The van der Waals surface area contributed by atoms with Crippen LogP contribution in [0.4, 0.5) is 14.5 Å². The van der Waals surface area contributed by atoms with Crippen molar-refractivity contribution in [3.05, 3.63) is 119 Å². The van der Waals surface area contributed by atoms with E-state index in [9.17, 15) is 14.0 Å². The lowest BCUT2D eigenvalue weighted by Gasteiger charge is -2.14. The van der Waals surface area contributed by atoms with Crippen molar-refractivity contribution in [3.8, 4) is 28.3 Å². The molecule has 1 N–H and O–H groups in total. The number of halogens is 2. The third-order valence-electron chi connectivity index (χ3n) is 7.56. The summed E-state index contributed by atoms with van der Waals surface area (Å²) in [7, 11) is 1.83. The summed E-state index contributed by atoms with van der Waals surface area (Å²) in [5.41, 5.74) is 2.58. The molecule has 0 radical (unpaired) electrons. The molecule has 0 saturated heterocycles. The first-order valence-corrected chi connectivity index (χ1v) is 14.5. The zero-order valence-electron chi connectivity index (χ0n) is 25.5. The molecule has 3 heterocycles. The van der Waals surface area contributed by atoms with Gasteiger partial charge in [0.05, 0.1) is 17.9 Å². The van der Waals surface area contributed by atoms with Crippen molar-refractivity contribution in [2.45, 2.75) is 27.0 Å². The zero-order chi connectivity index (χ0) is 32.5. The van der Waals surface area contributed by atoms with Gasteiger partial charge < -0.3 is 14.8 Å². The summed E-state index contributed by atoms with van der Waals surface area (Å²) in [5, 5.41) is 12.1. The minimum atomic E-state index is -0.733. The smallest absolute Gasteiger partial charge is 0.268 e. The molecule has 6 rings (SSSR count). The molecule has 0 bridgehead atoms. The third kappa shape index (κ3) is 5.89. The van der Waals surface area contributed by atoms with E-state index >= 15 is 4.39 Å². The van der Waals surface area contributed by atoms with E-state index in [0.717, 1.165) is 22.5 Å². The first-order chi connectivity index (χ1) is 22.1. The van der Waals surface area contributed by atoms with Gasteiger partial charge >= 0.3 is 0 Å². The molecule has 1 unspecified atom stereocenters. The Bertz CT molecular complexity index is 2130. The highest BCUT2D eigenvalue weighted by atomic mass is 19.1. The van der Waals surface area contributed by atoms with Crippen molar-refractivity contribution >= 4 is 22.5 Å². The Morgan fingerprint density at radius 1 is 0.978 bits per heavy atom. The summed E-state index contributed by atoms with van der Waals surface area (Å²) in [4.78, 5) is 26.4. The molecule has 10 nitrogen and oxygen atoms in total. The fraction of sp³-hybridized carbons (Fsp3) is 0.176. The summed E-state index contributed by atoms with van der Waals surface area (Å²) in [5.74, 6) is -1.61. The Kier molecular flexibility index (Phi) is 8.20. The number of nitrogens with one attached hydrogen (secondary N) is 1. The monoisotopic (exact) mass is 624 g/mol. The van der Waals surface area contributed by atoms with E-state index in [1.807, 2.05) is 33.2 Å². The highest BCUT2D eigenvalue weighted by molar-refractivity contribution is 6.04. The van der Waals surface area contributed by atoms with E-state index in [1.165, 1.54) is 47.0 Å². The number of nitrogens with zero attached hydrogens (tertiary/aromatic N) is 5. The van der Waals surface area contributed by atoms with Gasteiger partial charge in [0.1, 0.15) is 23.4 Å². The van der Waals surface area contributed by atoms with E-state index in [4.69, 9.17) is 9.47 Å². The fourth-order valence-corrected chi connectivity index (χ4v) is 5.17. The molecule has 0 saturated carbocycles. The van der Waals surface area contributed by atoms with E-state index in [0.29, 0.717) is 29.3 Å². The van der Waals surface area contributed by atoms with Crippen LogP contribution in [0.3, 0.4) is 0 Å². The lowest BCUT2D eigenvalue weighted by atomic mass is 10.1. The molecule has 3 aromatic carbocycles. The molecule has 3 aromatic heterocycles. The minimum absolute atomic E-state index is 0.0773. The number of hydrogen-bond donors (Lipinski definition) is 1. The van der Waals surface area contributed by atoms with E-state index < -0.39 is 23.1 Å². The van der Waals surface area contributed by atoms with Crippen LogP contribution >= 0.6 is 0 Å². The first kappa shape index (κ1) is 30.4. The van der Waals surface area contributed by atoms with Crippen LogP contribution in [0, 0.1) is 18.6 Å². The van der Waals surface area contributed by atoms with Crippen molar-refractivity contribution in [1.82, 2.24) is 24.1 Å². The van der Waals surface area contributed by atoms with E-state index in [-0.39, 0.29) is 23.2 Å². The second kappa shape index (κ2) is 12.4. The number of amides is 1. The van der Waals surface area contributed by atoms with Crippen molar-refractivity contribution in [2.75, 3.05) is 11.9 Å². The topological polar surface area (TPSA) is 105 Å². The number of rotatable bonds is 9. The van der Waals surface area contributed by atoms with Gasteiger partial charge in [-0.1, -0.05) is 0 Å². The van der Waals surface area contributed by atoms with E-state index in [2.05, 4.69) is 15.5 Å². The number of hydrogen-bond acceptors (Lipinski definition) is 6. The second-order valence-corrected chi connectivity index (χ2v) is 10.6. The van der Waals surface area contributed by atoms with Crippen LogP contribution < -0.4 is 15.6 Å². The predicted molar refractivity (Wildman–Crippen MR) is 169 cm³/mol. The van der Waals surface area contributed by atoms with E-state index in [1.54, 1.807) is 40.8 Å². The Morgan fingerprint density at radius 3 is 2.50 bits per heavy atom. The Hall–Kier alpha value is -5.62. The molecular weight excluding hydrogens is 594 g/mol. The van der Waals surface area contributed by atoms with Crippen molar-refractivity contribution in [1.29, 1.82) is 0 Å². The van der Waals surface area contributed by atoms with Gasteiger partial charge in [0.25, 0.3) is 11.5 Å². The quantitative estimate of drug-likeness (QED) is 0.190. The maximum Gasteiger partial charge on any atom is 0.268 e. The highest BCUT2D eigenvalue weighted by Gasteiger charge is 2.19. The first-order valence-electron chi connectivity index (χ1n) is 14.5. The number of aromatic nitrogens is 5. The van der Waals surface area contributed by atoms with Gasteiger partial charge in [0.2, 0.25) is 0 Å². The molecule has 6 aromatic rings. The third-order valence-corrected chi connectivity index (χ3v) is 7.56. The summed E-state index contributed by atoms with van der Waals surface area (Å²) < 4.78 is 45.4. The molecule has 0 aliphatic carbocycles. The molecule has 0 aliphatic heterocycles. The lowest BCUT2D eigenvalue weighted by Crippen LogP contribution is -2.29. The standard InChI is InChI=1S/C34H30F2N6O4/c1-5-45-21(3)41-19-23(18-38-41)28-16-30-22(17-37-40(30)4)14-32(28)46-31-13-9-25(15-29(31)36)39-33(43)27-12-6-20(2)42(34(27)44)26-10-7-24(35)8-11-26/h6-19,21H,5H2,1-4H3,(H,39,43). The largest absolute Gasteiger partial charge is 0.454 e. The number of ether oxygens (including phenoxy) is 2. The molecule has 0 fully saturated rings. The van der Waals surface area contributed by atoms with Gasteiger partial charge in [-0.25, -0.2) is 13.5 Å². The van der Waals surface area contributed by atoms with Gasteiger partial charge in [-0.15, -0.1) is 0 Å². The summed E-state index contributed by atoms with van der Waals surface area (Å²) >= 11 is 0. The van der Waals surface area contributed by atoms with Crippen molar-refractivity contribution in [3.63, 3.8) is 0 Å². The van der Waals surface area contributed by atoms with Crippen LogP contribution in [0.25, 0.3) is 27.7 Å². The summed E-state index contributed by atoms with van der Waals surface area (Å²) in [6, 6.07) is 16.0. The fourth-order valence-electron chi connectivity index (χ4n) is 5.17. The molecule has 46 heavy (non-hydrogen) atoms.